The van der Waals surface area contributed by atoms with E-state index >= 15 is 0 Å². The summed E-state index contributed by atoms with van der Waals surface area (Å²) in [5.41, 5.74) is 1.89. The zero-order valence-corrected chi connectivity index (χ0v) is 13.3. The molecule has 0 spiro atoms. The molecule has 104 valence electrons. The van der Waals surface area contributed by atoms with E-state index in [4.69, 9.17) is 12.2 Å². The van der Waals surface area contributed by atoms with Gasteiger partial charge >= 0.3 is 0 Å². The van der Waals surface area contributed by atoms with Crippen LogP contribution in [0.3, 0.4) is 0 Å². The minimum absolute atomic E-state index is 0.00560. The highest BCUT2D eigenvalue weighted by Gasteiger charge is 2.07. The van der Waals surface area contributed by atoms with Gasteiger partial charge in [-0.25, -0.2) is 4.39 Å². The van der Waals surface area contributed by atoms with Gasteiger partial charge in [0.2, 0.25) is 0 Å². The van der Waals surface area contributed by atoms with Crippen molar-refractivity contribution in [1.82, 2.24) is 5.32 Å². The molecular formula is C15H14BrFN2S. The number of thiocarbonyl (C=S) groups is 1. The lowest BCUT2D eigenvalue weighted by Crippen LogP contribution is -2.30. The first kappa shape index (κ1) is 14.9. The summed E-state index contributed by atoms with van der Waals surface area (Å²) in [6, 6.07) is 14.1. The normalized spacial score (nSPS) is 11.8. The van der Waals surface area contributed by atoms with Crippen molar-refractivity contribution in [1.29, 1.82) is 0 Å². The number of hydrogen-bond donors (Lipinski definition) is 2. The van der Waals surface area contributed by atoms with Crippen LogP contribution in [-0.2, 0) is 0 Å². The standard InChI is InChI=1S/C15H14BrFN2S/c1-10(11-2-6-13(17)7-3-11)18-15(20)19-14-8-4-12(16)5-9-14/h2-10H,1H3,(H2,18,19,20)/t10-/m0/s1. The minimum atomic E-state index is -0.239. The van der Waals surface area contributed by atoms with Crippen LogP contribution in [0.25, 0.3) is 0 Å². The van der Waals surface area contributed by atoms with Gasteiger partial charge in [-0.1, -0.05) is 28.1 Å². The fourth-order valence-corrected chi connectivity index (χ4v) is 2.29. The Morgan fingerprint density at radius 2 is 1.70 bits per heavy atom. The van der Waals surface area contributed by atoms with E-state index < -0.39 is 0 Å². The summed E-state index contributed by atoms with van der Waals surface area (Å²) in [7, 11) is 0. The molecule has 5 heteroatoms. The van der Waals surface area contributed by atoms with Gasteiger partial charge < -0.3 is 10.6 Å². The van der Waals surface area contributed by atoms with Gasteiger partial charge in [0.15, 0.2) is 5.11 Å². The van der Waals surface area contributed by atoms with Gasteiger partial charge in [0.05, 0.1) is 6.04 Å². The summed E-state index contributed by atoms with van der Waals surface area (Å²) < 4.78 is 13.9. The summed E-state index contributed by atoms with van der Waals surface area (Å²) in [5.74, 6) is -0.239. The number of anilines is 1. The minimum Gasteiger partial charge on any atom is -0.356 e. The van der Waals surface area contributed by atoms with Crippen LogP contribution in [-0.4, -0.2) is 5.11 Å². The lowest BCUT2D eigenvalue weighted by Gasteiger charge is -2.17. The molecule has 0 heterocycles. The molecule has 1 atom stereocenters. The average molecular weight is 353 g/mol. The lowest BCUT2D eigenvalue weighted by molar-refractivity contribution is 0.624. The van der Waals surface area contributed by atoms with Crippen LogP contribution < -0.4 is 10.6 Å². The molecule has 0 saturated carbocycles. The third-order valence-corrected chi connectivity index (χ3v) is 3.57. The van der Waals surface area contributed by atoms with E-state index in [2.05, 4.69) is 26.6 Å². The maximum Gasteiger partial charge on any atom is 0.171 e. The molecule has 20 heavy (non-hydrogen) atoms. The Kier molecular flexibility index (Phi) is 5.09. The maximum absolute atomic E-state index is 12.9. The maximum atomic E-state index is 12.9. The van der Waals surface area contributed by atoms with Gasteiger partial charge in [-0.2, -0.15) is 0 Å². The Balaban J connectivity index is 1.93. The molecule has 2 aromatic carbocycles. The Morgan fingerprint density at radius 3 is 2.30 bits per heavy atom. The second kappa shape index (κ2) is 6.81. The fraction of sp³-hybridized carbons (Fsp3) is 0.133. The van der Waals surface area contributed by atoms with E-state index in [-0.39, 0.29) is 11.9 Å². The Hall–Kier alpha value is -1.46. The summed E-state index contributed by atoms with van der Waals surface area (Å²) in [6.07, 6.45) is 0. The molecule has 2 nitrogen and oxygen atoms in total. The molecule has 0 saturated heterocycles. The first-order chi connectivity index (χ1) is 9.54. The van der Waals surface area contributed by atoms with Crippen molar-refractivity contribution < 1.29 is 4.39 Å². The Bertz CT molecular complexity index is 584. The molecule has 2 rings (SSSR count). The van der Waals surface area contributed by atoms with Gasteiger partial charge in [-0.3, -0.25) is 0 Å². The highest BCUT2D eigenvalue weighted by Crippen LogP contribution is 2.15. The molecular weight excluding hydrogens is 339 g/mol. The van der Waals surface area contributed by atoms with Gasteiger partial charge in [0, 0.05) is 10.2 Å². The summed E-state index contributed by atoms with van der Waals surface area (Å²) in [6.45, 7) is 1.97. The number of halogens is 2. The highest BCUT2D eigenvalue weighted by atomic mass is 79.9. The zero-order chi connectivity index (χ0) is 14.5. The van der Waals surface area contributed by atoms with Gasteiger partial charge in [0.1, 0.15) is 5.82 Å². The summed E-state index contributed by atoms with van der Waals surface area (Å²) >= 11 is 8.64. The van der Waals surface area contributed by atoms with Crippen molar-refractivity contribution in [2.24, 2.45) is 0 Å². The van der Waals surface area contributed by atoms with Crippen molar-refractivity contribution in [3.8, 4) is 0 Å². The molecule has 0 aliphatic carbocycles. The average Bonchev–Trinajstić information content (AvgIpc) is 2.42. The molecule has 0 fully saturated rings. The van der Waals surface area contributed by atoms with Crippen LogP contribution in [0, 0.1) is 5.82 Å². The Morgan fingerprint density at radius 1 is 1.10 bits per heavy atom. The van der Waals surface area contributed by atoms with Crippen molar-refractivity contribution in [3.05, 3.63) is 64.4 Å². The third-order valence-electron chi connectivity index (χ3n) is 2.82. The van der Waals surface area contributed by atoms with Crippen LogP contribution >= 0.6 is 28.1 Å². The number of rotatable bonds is 3. The predicted octanol–water partition coefficient (Wildman–Crippen LogP) is 4.64. The van der Waals surface area contributed by atoms with Crippen LogP contribution in [0.4, 0.5) is 10.1 Å². The van der Waals surface area contributed by atoms with E-state index in [1.807, 2.05) is 31.2 Å². The molecule has 2 aromatic rings. The predicted molar refractivity (Wildman–Crippen MR) is 88.3 cm³/mol. The molecule has 2 N–H and O–H groups in total. The van der Waals surface area contributed by atoms with Crippen molar-refractivity contribution >= 4 is 38.9 Å². The van der Waals surface area contributed by atoms with Crippen molar-refractivity contribution in [2.75, 3.05) is 5.32 Å². The molecule has 0 unspecified atom stereocenters. The zero-order valence-electron chi connectivity index (χ0n) is 10.9. The second-order valence-corrected chi connectivity index (χ2v) is 5.70. The topological polar surface area (TPSA) is 24.1 Å². The van der Waals surface area contributed by atoms with Crippen LogP contribution in [0.15, 0.2) is 53.0 Å². The van der Waals surface area contributed by atoms with Crippen LogP contribution in [0.5, 0.6) is 0 Å². The SMILES string of the molecule is C[C@H](NC(=S)Nc1ccc(Br)cc1)c1ccc(F)cc1. The quantitative estimate of drug-likeness (QED) is 0.787. The number of nitrogens with one attached hydrogen (secondary N) is 2. The van der Waals surface area contributed by atoms with E-state index in [1.54, 1.807) is 12.1 Å². The third kappa shape index (κ3) is 4.28. The van der Waals surface area contributed by atoms with E-state index in [0.717, 1.165) is 15.7 Å². The monoisotopic (exact) mass is 352 g/mol. The smallest absolute Gasteiger partial charge is 0.171 e. The first-order valence-electron chi connectivity index (χ1n) is 6.13. The first-order valence-corrected chi connectivity index (χ1v) is 7.33. The van der Waals surface area contributed by atoms with Gasteiger partial charge in [-0.15, -0.1) is 0 Å². The summed E-state index contributed by atoms with van der Waals surface area (Å²) in [5, 5.41) is 6.80. The summed E-state index contributed by atoms with van der Waals surface area (Å²) in [4.78, 5) is 0. The fourth-order valence-electron chi connectivity index (χ4n) is 1.73. The van der Waals surface area contributed by atoms with E-state index in [1.165, 1.54) is 12.1 Å². The van der Waals surface area contributed by atoms with Crippen LogP contribution in [0.1, 0.15) is 18.5 Å². The molecule has 0 amide bonds. The van der Waals surface area contributed by atoms with Crippen LogP contribution in [0.2, 0.25) is 0 Å². The molecule has 0 aromatic heterocycles. The number of benzene rings is 2. The molecule has 0 radical (unpaired) electrons. The lowest BCUT2D eigenvalue weighted by atomic mass is 10.1. The van der Waals surface area contributed by atoms with Crippen molar-refractivity contribution in [3.63, 3.8) is 0 Å². The van der Waals surface area contributed by atoms with Gasteiger partial charge in [-0.05, 0) is 61.1 Å². The van der Waals surface area contributed by atoms with E-state index in [9.17, 15) is 4.39 Å². The number of hydrogen-bond acceptors (Lipinski definition) is 1. The highest BCUT2D eigenvalue weighted by molar-refractivity contribution is 9.10. The molecule has 0 aliphatic heterocycles. The second-order valence-electron chi connectivity index (χ2n) is 4.38. The van der Waals surface area contributed by atoms with E-state index in [0.29, 0.717) is 5.11 Å². The molecule has 0 aliphatic rings. The molecule has 0 bridgehead atoms. The van der Waals surface area contributed by atoms with Crippen molar-refractivity contribution in [2.45, 2.75) is 13.0 Å². The Labute approximate surface area is 131 Å². The van der Waals surface area contributed by atoms with Gasteiger partial charge in [0.25, 0.3) is 0 Å². The largest absolute Gasteiger partial charge is 0.356 e.